The molecule has 0 radical (unpaired) electrons. The first-order valence-electron chi connectivity index (χ1n) is 4.50. The van der Waals surface area contributed by atoms with Crippen molar-refractivity contribution in [2.24, 2.45) is 11.7 Å². The van der Waals surface area contributed by atoms with Gasteiger partial charge in [-0.25, -0.2) is 4.39 Å². The third kappa shape index (κ3) is 2.35. The molecule has 76 valence electrons. The Hall–Kier alpha value is -1.29. The molecule has 0 fully saturated rings. The minimum absolute atomic E-state index is 0.0981. The molecule has 1 rings (SSSR count). The van der Waals surface area contributed by atoms with Gasteiger partial charge in [-0.2, -0.15) is 0 Å². The lowest BCUT2D eigenvalue weighted by Crippen LogP contribution is -2.16. The first-order chi connectivity index (χ1) is 6.66. The van der Waals surface area contributed by atoms with Crippen LogP contribution in [0.25, 0.3) is 0 Å². The van der Waals surface area contributed by atoms with E-state index in [1.54, 1.807) is 6.92 Å². The minimum atomic E-state index is -0.568. The van der Waals surface area contributed by atoms with Gasteiger partial charge in [0.15, 0.2) is 11.6 Å². The van der Waals surface area contributed by atoms with Crippen LogP contribution >= 0.6 is 0 Å². The van der Waals surface area contributed by atoms with Gasteiger partial charge >= 0.3 is 0 Å². The Bertz CT molecular complexity index is 328. The fraction of sp³-hybridized carbons (Fsp3) is 0.400. The van der Waals surface area contributed by atoms with E-state index in [1.165, 1.54) is 12.3 Å². The van der Waals surface area contributed by atoms with E-state index in [0.717, 1.165) is 6.20 Å². The van der Waals surface area contributed by atoms with Gasteiger partial charge in [0.1, 0.15) is 0 Å². The molecular formula is C10H13FN2O. The number of aromatic nitrogens is 1. The average molecular weight is 196 g/mol. The zero-order valence-corrected chi connectivity index (χ0v) is 8.03. The number of Topliss-reactive ketones (excluding diaryl/α,β-unsaturated/α-hetero) is 1. The molecule has 3 nitrogen and oxygen atoms in total. The van der Waals surface area contributed by atoms with E-state index in [0.29, 0.717) is 13.0 Å². The third-order valence-electron chi connectivity index (χ3n) is 2.09. The predicted molar refractivity (Wildman–Crippen MR) is 51.4 cm³/mol. The summed E-state index contributed by atoms with van der Waals surface area (Å²) in [6, 6.07) is 1.39. The van der Waals surface area contributed by atoms with Crippen molar-refractivity contribution in [1.29, 1.82) is 0 Å². The number of rotatable bonds is 4. The van der Waals surface area contributed by atoms with E-state index in [-0.39, 0.29) is 17.3 Å². The second-order valence-electron chi connectivity index (χ2n) is 3.20. The van der Waals surface area contributed by atoms with E-state index in [9.17, 15) is 9.18 Å². The van der Waals surface area contributed by atoms with E-state index in [2.05, 4.69) is 4.98 Å². The Labute approximate surface area is 82.1 Å². The van der Waals surface area contributed by atoms with Crippen LogP contribution in [-0.4, -0.2) is 17.3 Å². The smallest absolute Gasteiger partial charge is 0.168 e. The van der Waals surface area contributed by atoms with Crippen molar-refractivity contribution in [1.82, 2.24) is 4.98 Å². The van der Waals surface area contributed by atoms with Gasteiger partial charge in [-0.15, -0.1) is 0 Å². The number of nitrogens with two attached hydrogens (primary N) is 1. The summed E-state index contributed by atoms with van der Waals surface area (Å²) in [6.07, 6.45) is 3.02. The highest BCUT2D eigenvalue weighted by molar-refractivity contribution is 5.97. The van der Waals surface area contributed by atoms with Crippen molar-refractivity contribution in [2.75, 3.05) is 6.54 Å². The van der Waals surface area contributed by atoms with E-state index >= 15 is 0 Å². The Morgan fingerprint density at radius 3 is 3.00 bits per heavy atom. The number of nitrogens with zero attached hydrogens (tertiary/aromatic N) is 1. The molecule has 4 heteroatoms. The minimum Gasteiger partial charge on any atom is -0.330 e. The lowest BCUT2D eigenvalue weighted by Gasteiger charge is -2.08. The number of pyridine rings is 1. The molecule has 1 aromatic rings. The quantitative estimate of drug-likeness (QED) is 0.740. The maximum absolute atomic E-state index is 13.1. The van der Waals surface area contributed by atoms with Gasteiger partial charge in [0.05, 0.1) is 11.8 Å². The first-order valence-corrected chi connectivity index (χ1v) is 4.50. The van der Waals surface area contributed by atoms with Crippen LogP contribution in [0, 0.1) is 11.7 Å². The molecule has 0 aliphatic carbocycles. The molecule has 0 saturated carbocycles. The summed E-state index contributed by atoms with van der Waals surface area (Å²) in [7, 11) is 0. The van der Waals surface area contributed by atoms with Gasteiger partial charge < -0.3 is 5.73 Å². The van der Waals surface area contributed by atoms with E-state index < -0.39 is 5.82 Å². The van der Waals surface area contributed by atoms with Crippen molar-refractivity contribution < 1.29 is 9.18 Å². The highest BCUT2D eigenvalue weighted by Crippen LogP contribution is 2.13. The average Bonchev–Trinajstić information content (AvgIpc) is 2.18. The highest BCUT2D eigenvalue weighted by atomic mass is 19.1. The maximum atomic E-state index is 13.1. The molecule has 0 spiro atoms. The van der Waals surface area contributed by atoms with Gasteiger partial charge in [0.2, 0.25) is 0 Å². The lowest BCUT2D eigenvalue weighted by molar-refractivity contribution is 0.0921. The van der Waals surface area contributed by atoms with Gasteiger partial charge in [0.25, 0.3) is 0 Å². The largest absolute Gasteiger partial charge is 0.330 e. The molecular weight excluding hydrogens is 183 g/mol. The fourth-order valence-electron chi connectivity index (χ4n) is 1.22. The lowest BCUT2D eigenvalue weighted by atomic mass is 9.97. The number of hydrogen-bond acceptors (Lipinski definition) is 3. The van der Waals surface area contributed by atoms with Crippen LogP contribution in [0.2, 0.25) is 0 Å². The number of ketones is 1. The van der Waals surface area contributed by atoms with Crippen molar-refractivity contribution in [3.05, 3.63) is 29.8 Å². The second kappa shape index (κ2) is 4.81. The van der Waals surface area contributed by atoms with Crippen molar-refractivity contribution >= 4 is 5.78 Å². The summed E-state index contributed by atoms with van der Waals surface area (Å²) in [4.78, 5) is 15.2. The molecule has 0 aliphatic heterocycles. The Kier molecular flexibility index (Phi) is 3.71. The summed E-state index contributed by atoms with van der Waals surface area (Å²) in [5.74, 6) is -1.02. The molecule has 1 heterocycles. The summed E-state index contributed by atoms with van der Waals surface area (Å²) in [6.45, 7) is 2.18. The Balaban J connectivity index is 2.84. The highest BCUT2D eigenvalue weighted by Gasteiger charge is 2.17. The SMILES string of the molecule is CC(CCN)C(=O)c1ccncc1F. The topological polar surface area (TPSA) is 56.0 Å². The zero-order valence-electron chi connectivity index (χ0n) is 8.03. The van der Waals surface area contributed by atoms with Crippen LogP contribution in [0.3, 0.4) is 0 Å². The van der Waals surface area contributed by atoms with Gasteiger partial charge in [-0.05, 0) is 19.0 Å². The standard InChI is InChI=1S/C10H13FN2O/c1-7(2-4-12)10(14)8-3-5-13-6-9(8)11/h3,5-7H,2,4,12H2,1H3. The molecule has 14 heavy (non-hydrogen) atoms. The molecule has 1 unspecified atom stereocenters. The van der Waals surface area contributed by atoms with Crippen LogP contribution in [0.4, 0.5) is 4.39 Å². The van der Waals surface area contributed by atoms with Gasteiger partial charge in [-0.3, -0.25) is 9.78 Å². The van der Waals surface area contributed by atoms with Gasteiger partial charge in [0, 0.05) is 12.1 Å². The maximum Gasteiger partial charge on any atom is 0.168 e. The molecule has 0 amide bonds. The summed E-state index contributed by atoms with van der Waals surface area (Å²) in [5, 5.41) is 0. The van der Waals surface area contributed by atoms with Crippen LogP contribution in [0.15, 0.2) is 18.5 Å². The second-order valence-corrected chi connectivity index (χ2v) is 3.20. The normalized spacial score (nSPS) is 12.5. The molecule has 0 aromatic carbocycles. The zero-order chi connectivity index (χ0) is 10.6. The first kappa shape index (κ1) is 10.8. The third-order valence-corrected chi connectivity index (χ3v) is 2.09. The van der Waals surface area contributed by atoms with Crippen LogP contribution in [0.5, 0.6) is 0 Å². The number of carbonyl (C=O) groups excluding carboxylic acids is 1. The monoisotopic (exact) mass is 196 g/mol. The van der Waals surface area contributed by atoms with Crippen molar-refractivity contribution in [3.8, 4) is 0 Å². The summed E-state index contributed by atoms with van der Waals surface area (Å²) >= 11 is 0. The predicted octanol–water partition coefficient (Wildman–Crippen LogP) is 1.39. The molecule has 0 saturated heterocycles. The molecule has 0 bridgehead atoms. The van der Waals surface area contributed by atoms with Crippen LogP contribution in [0.1, 0.15) is 23.7 Å². The van der Waals surface area contributed by atoms with Crippen LogP contribution < -0.4 is 5.73 Å². The van der Waals surface area contributed by atoms with E-state index in [4.69, 9.17) is 5.73 Å². The fourth-order valence-corrected chi connectivity index (χ4v) is 1.22. The van der Waals surface area contributed by atoms with Crippen molar-refractivity contribution in [3.63, 3.8) is 0 Å². The van der Waals surface area contributed by atoms with Crippen molar-refractivity contribution in [2.45, 2.75) is 13.3 Å². The number of carbonyl (C=O) groups is 1. The van der Waals surface area contributed by atoms with Crippen LogP contribution in [-0.2, 0) is 0 Å². The molecule has 1 atom stereocenters. The summed E-state index contributed by atoms with van der Waals surface area (Å²) < 4.78 is 13.1. The Morgan fingerprint density at radius 2 is 2.43 bits per heavy atom. The number of hydrogen-bond donors (Lipinski definition) is 1. The molecule has 2 N–H and O–H groups in total. The molecule has 1 aromatic heterocycles. The number of halogens is 1. The Morgan fingerprint density at radius 1 is 1.71 bits per heavy atom. The van der Waals surface area contributed by atoms with E-state index in [1.807, 2.05) is 0 Å². The van der Waals surface area contributed by atoms with Gasteiger partial charge in [-0.1, -0.05) is 6.92 Å². The molecule has 0 aliphatic rings. The summed E-state index contributed by atoms with van der Waals surface area (Å²) in [5.41, 5.74) is 5.42.